The topological polar surface area (TPSA) is 46.5 Å². The molecule has 14 heavy (non-hydrogen) atoms. The molecular formula is C10H11ClNO2-. The first-order valence-electron chi connectivity index (χ1n) is 4.56. The van der Waals surface area contributed by atoms with Gasteiger partial charge in [-0.15, -0.1) is 11.6 Å². The van der Waals surface area contributed by atoms with Gasteiger partial charge in [0.1, 0.15) is 0 Å². The molecule has 0 amide bonds. The van der Waals surface area contributed by atoms with Crippen molar-refractivity contribution in [2.75, 3.05) is 5.23 Å². The summed E-state index contributed by atoms with van der Waals surface area (Å²) in [5.41, 5.74) is 1.41. The lowest BCUT2D eigenvalue weighted by atomic mass is 10.1. The maximum Gasteiger partial charge on any atom is 0.0508 e. The number of hydrogen-bond donors (Lipinski definition) is 1. The number of rotatable bonds is 3. The van der Waals surface area contributed by atoms with E-state index in [9.17, 15) is 5.21 Å². The highest BCUT2D eigenvalue weighted by molar-refractivity contribution is 6.22. The summed E-state index contributed by atoms with van der Waals surface area (Å²) in [5.74, 6) is 0.583. The fourth-order valence-corrected chi connectivity index (χ4v) is 1.80. The van der Waals surface area contributed by atoms with E-state index in [1.807, 2.05) is 12.1 Å². The molecule has 1 aromatic carbocycles. The number of anilines is 1. The van der Waals surface area contributed by atoms with E-state index in [1.165, 1.54) is 0 Å². The fraction of sp³-hybridized carbons (Fsp3) is 0.400. The Morgan fingerprint density at radius 1 is 1.43 bits per heavy atom. The van der Waals surface area contributed by atoms with Crippen molar-refractivity contribution >= 4 is 17.3 Å². The molecule has 1 saturated carbocycles. The predicted octanol–water partition coefficient (Wildman–Crippen LogP) is 2.55. The van der Waals surface area contributed by atoms with E-state index in [1.54, 1.807) is 12.1 Å². The van der Waals surface area contributed by atoms with Crippen molar-refractivity contribution in [3.05, 3.63) is 35.0 Å². The van der Waals surface area contributed by atoms with Gasteiger partial charge in [-0.3, -0.25) is 5.21 Å². The predicted molar refractivity (Wildman–Crippen MR) is 55.5 cm³/mol. The second-order valence-electron chi connectivity index (χ2n) is 3.66. The largest absolute Gasteiger partial charge is 0.733 e. The SMILES string of the molecule is [O-]N(O)c1ccc(C[C@H]2C[C@@H]2Cl)cc1. The molecule has 0 saturated heterocycles. The normalized spacial score (nSPS) is 24.8. The molecule has 2 atom stereocenters. The highest BCUT2D eigenvalue weighted by atomic mass is 35.5. The van der Waals surface area contributed by atoms with Crippen LogP contribution in [0.4, 0.5) is 5.69 Å². The monoisotopic (exact) mass is 212 g/mol. The van der Waals surface area contributed by atoms with Crippen LogP contribution in [0.2, 0.25) is 0 Å². The fourth-order valence-electron chi connectivity index (χ4n) is 1.48. The quantitative estimate of drug-likeness (QED) is 0.619. The van der Waals surface area contributed by atoms with Crippen LogP contribution in [0.5, 0.6) is 0 Å². The summed E-state index contributed by atoms with van der Waals surface area (Å²) in [6.45, 7) is 0. The van der Waals surface area contributed by atoms with Gasteiger partial charge in [0, 0.05) is 5.38 Å². The molecule has 1 aliphatic carbocycles. The van der Waals surface area contributed by atoms with Crippen LogP contribution in [0.1, 0.15) is 12.0 Å². The minimum atomic E-state index is -0.134. The Labute approximate surface area is 87.4 Å². The third kappa shape index (κ3) is 2.18. The first-order chi connectivity index (χ1) is 6.66. The zero-order valence-corrected chi connectivity index (χ0v) is 8.31. The number of alkyl halides is 1. The zero-order chi connectivity index (χ0) is 10.1. The first-order valence-corrected chi connectivity index (χ1v) is 4.99. The molecule has 0 spiro atoms. The van der Waals surface area contributed by atoms with Gasteiger partial charge >= 0.3 is 0 Å². The summed E-state index contributed by atoms with van der Waals surface area (Å²) in [6.07, 6.45) is 2.04. The summed E-state index contributed by atoms with van der Waals surface area (Å²) in [6, 6.07) is 6.90. The molecule has 4 heteroatoms. The number of benzene rings is 1. The lowest BCUT2D eigenvalue weighted by molar-refractivity contribution is 0.296. The Balaban J connectivity index is 1.99. The smallest absolute Gasteiger partial charge is 0.0508 e. The summed E-state index contributed by atoms with van der Waals surface area (Å²) in [5, 5.41) is 19.3. The molecule has 0 bridgehead atoms. The second-order valence-corrected chi connectivity index (χ2v) is 4.22. The van der Waals surface area contributed by atoms with Crippen LogP contribution < -0.4 is 5.23 Å². The molecular weight excluding hydrogens is 202 g/mol. The molecule has 0 aliphatic heterocycles. The standard InChI is InChI=1S/C10H11ClNO2/c11-10-6-8(10)5-7-1-3-9(4-2-7)12(13)14/h1-4,8,10,13H,5-6H2/q-1/t8-,10-/m0/s1. The highest BCUT2D eigenvalue weighted by Crippen LogP contribution is 2.38. The van der Waals surface area contributed by atoms with Gasteiger partial charge in [0.25, 0.3) is 0 Å². The van der Waals surface area contributed by atoms with Gasteiger partial charge in [-0.1, -0.05) is 12.1 Å². The lowest BCUT2D eigenvalue weighted by Gasteiger charge is -2.21. The minimum absolute atomic E-state index is 0.134. The van der Waals surface area contributed by atoms with Crippen molar-refractivity contribution in [1.82, 2.24) is 0 Å². The average Bonchev–Trinajstić information content (AvgIpc) is 2.82. The average molecular weight is 213 g/mol. The van der Waals surface area contributed by atoms with Gasteiger partial charge < -0.3 is 10.4 Å². The van der Waals surface area contributed by atoms with E-state index >= 15 is 0 Å². The van der Waals surface area contributed by atoms with E-state index < -0.39 is 0 Å². The Bertz CT molecular complexity index is 312. The van der Waals surface area contributed by atoms with Crippen LogP contribution >= 0.6 is 11.6 Å². The van der Waals surface area contributed by atoms with Crippen LogP contribution in [0.25, 0.3) is 0 Å². The van der Waals surface area contributed by atoms with Crippen molar-refractivity contribution in [1.29, 1.82) is 0 Å². The second kappa shape index (κ2) is 3.77. The summed E-state index contributed by atoms with van der Waals surface area (Å²) >= 11 is 5.89. The zero-order valence-electron chi connectivity index (χ0n) is 7.56. The Morgan fingerprint density at radius 3 is 2.43 bits per heavy atom. The molecule has 76 valence electrons. The van der Waals surface area contributed by atoms with Crippen molar-refractivity contribution in [2.45, 2.75) is 18.2 Å². The van der Waals surface area contributed by atoms with Crippen molar-refractivity contribution in [2.24, 2.45) is 5.92 Å². The van der Waals surface area contributed by atoms with Crippen LogP contribution in [0.3, 0.4) is 0 Å². The summed E-state index contributed by atoms with van der Waals surface area (Å²) in [7, 11) is 0. The molecule has 0 heterocycles. The van der Waals surface area contributed by atoms with Crippen molar-refractivity contribution < 1.29 is 5.21 Å². The summed E-state index contributed by atoms with van der Waals surface area (Å²) in [4.78, 5) is 0. The third-order valence-corrected chi connectivity index (χ3v) is 3.03. The van der Waals surface area contributed by atoms with Gasteiger partial charge in [-0.2, -0.15) is 0 Å². The molecule has 3 nitrogen and oxygen atoms in total. The number of nitrogens with zero attached hydrogens (tertiary/aromatic N) is 1. The molecule has 1 aromatic rings. The molecule has 2 rings (SSSR count). The van der Waals surface area contributed by atoms with E-state index in [0.29, 0.717) is 11.3 Å². The number of hydrogen-bond acceptors (Lipinski definition) is 3. The van der Waals surface area contributed by atoms with Crippen LogP contribution in [0.15, 0.2) is 24.3 Å². The molecule has 1 N–H and O–H groups in total. The van der Waals surface area contributed by atoms with Gasteiger partial charge in [-0.05, 0) is 36.5 Å². The van der Waals surface area contributed by atoms with E-state index in [-0.39, 0.29) is 10.9 Å². The summed E-state index contributed by atoms with van der Waals surface area (Å²) < 4.78 is 0. The molecule has 1 fully saturated rings. The van der Waals surface area contributed by atoms with Gasteiger partial charge in [-0.25, -0.2) is 0 Å². The van der Waals surface area contributed by atoms with Crippen molar-refractivity contribution in [3.8, 4) is 0 Å². The maximum atomic E-state index is 10.5. The Hall–Kier alpha value is -0.770. The van der Waals surface area contributed by atoms with Gasteiger partial charge in [0.05, 0.1) is 5.69 Å². The van der Waals surface area contributed by atoms with E-state index in [4.69, 9.17) is 16.8 Å². The Morgan fingerprint density at radius 2 is 2.00 bits per heavy atom. The van der Waals surface area contributed by atoms with Crippen LogP contribution in [-0.2, 0) is 6.42 Å². The van der Waals surface area contributed by atoms with Gasteiger partial charge in [0.2, 0.25) is 0 Å². The molecule has 0 unspecified atom stereocenters. The number of halogens is 1. The highest BCUT2D eigenvalue weighted by Gasteiger charge is 2.34. The van der Waals surface area contributed by atoms with Crippen LogP contribution in [-0.4, -0.2) is 10.6 Å². The lowest BCUT2D eigenvalue weighted by Crippen LogP contribution is -2.06. The minimum Gasteiger partial charge on any atom is -0.733 e. The van der Waals surface area contributed by atoms with Crippen molar-refractivity contribution in [3.63, 3.8) is 0 Å². The molecule has 0 aromatic heterocycles. The first kappa shape index (κ1) is 9.77. The molecule has 1 aliphatic rings. The van der Waals surface area contributed by atoms with Gasteiger partial charge in [0.15, 0.2) is 0 Å². The van der Waals surface area contributed by atoms with E-state index in [0.717, 1.165) is 18.4 Å². The maximum absolute atomic E-state index is 10.5. The Kier molecular flexibility index (Phi) is 2.63. The third-order valence-electron chi connectivity index (χ3n) is 2.49. The van der Waals surface area contributed by atoms with E-state index in [2.05, 4.69) is 0 Å². The molecule has 0 radical (unpaired) electrons. The van der Waals surface area contributed by atoms with Crippen LogP contribution in [0, 0.1) is 11.1 Å².